The Bertz CT molecular complexity index is 565. The number of benzene rings is 1. The number of aryl methyl sites for hydroxylation is 2. The number of ether oxygens (including phenoxy) is 1. The topological polar surface area (TPSA) is 29.5 Å². The normalized spacial score (nSPS) is 15.7. The molecule has 0 saturated heterocycles. The van der Waals surface area contributed by atoms with Crippen LogP contribution in [0.5, 0.6) is 5.75 Å². The van der Waals surface area contributed by atoms with E-state index in [1.54, 1.807) is 11.3 Å². The number of aliphatic hydroxyl groups is 1. The Morgan fingerprint density at radius 2 is 2.10 bits per heavy atom. The number of hydrogen-bond donors (Lipinski definition) is 1. The second-order valence-corrected chi connectivity index (χ2v) is 6.38. The van der Waals surface area contributed by atoms with Crippen LogP contribution in [0.4, 0.5) is 0 Å². The summed E-state index contributed by atoms with van der Waals surface area (Å²) in [6.07, 6.45) is 4.36. The van der Waals surface area contributed by atoms with E-state index < -0.39 is 6.10 Å². The summed E-state index contributed by atoms with van der Waals surface area (Å²) in [4.78, 5) is 2.52. The number of hydrogen-bond acceptors (Lipinski definition) is 3. The van der Waals surface area contributed by atoms with Gasteiger partial charge in [0.1, 0.15) is 11.9 Å². The predicted molar refractivity (Wildman–Crippen MR) is 82.6 cm³/mol. The highest BCUT2D eigenvalue weighted by molar-refractivity contribution is 7.12. The summed E-state index contributed by atoms with van der Waals surface area (Å²) in [5, 5.41) is 10.6. The molecule has 0 bridgehead atoms. The summed E-state index contributed by atoms with van der Waals surface area (Å²) < 4.78 is 5.51. The van der Waals surface area contributed by atoms with Gasteiger partial charge in [-0.2, -0.15) is 0 Å². The van der Waals surface area contributed by atoms with Gasteiger partial charge in [-0.25, -0.2) is 0 Å². The summed E-state index contributed by atoms with van der Waals surface area (Å²) in [7, 11) is 0. The predicted octanol–water partition coefficient (Wildman–Crippen LogP) is 4.11. The van der Waals surface area contributed by atoms with Crippen LogP contribution in [-0.2, 0) is 12.8 Å². The average molecular weight is 288 g/mol. The third-order valence-corrected chi connectivity index (χ3v) is 5.06. The molecule has 1 N–H and O–H groups in total. The Morgan fingerprint density at radius 1 is 1.25 bits per heavy atom. The zero-order valence-corrected chi connectivity index (χ0v) is 12.6. The molecule has 3 heteroatoms. The largest absolute Gasteiger partial charge is 0.494 e. The molecule has 0 saturated carbocycles. The molecule has 0 amide bonds. The minimum Gasteiger partial charge on any atom is -0.494 e. The van der Waals surface area contributed by atoms with Gasteiger partial charge < -0.3 is 9.84 Å². The van der Waals surface area contributed by atoms with Crippen LogP contribution in [0.3, 0.4) is 0 Å². The van der Waals surface area contributed by atoms with E-state index in [1.807, 2.05) is 31.2 Å². The fourth-order valence-electron chi connectivity index (χ4n) is 2.75. The Hall–Kier alpha value is -1.32. The quantitative estimate of drug-likeness (QED) is 0.917. The van der Waals surface area contributed by atoms with Crippen molar-refractivity contribution in [3.63, 3.8) is 0 Å². The van der Waals surface area contributed by atoms with Crippen molar-refractivity contribution in [3.8, 4) is 5.75 Å². The summed E-state index contributed by atoms with van der Waals surface area (Å²) in [6, 6.07) is 9.96. The monoisotopic (exact) mass is 288 g/mol. The van der Waals surface area contributed by atoms with Gasteiger partial charge in [-0.1, -0.05) is 12.1 Å². The molecule has 0 radical (unpaired) electrons. The molecular formula is C17H20O2S. The molecule has 106 valence electrons. The molecule has 2 aromatic rings. The maximum Gasteiger partial charge on any atom is 0.119 e. The number of fused-ring (bicyclic) bond motifs is 1. The maximum atomic E-state index is 10.6. The van der Waals surface area contributed by atoms with E-state index >= 15 is 0 Å². The molecule has 1 aromatic heterocycles. The molecule has 20 heavy (non-hydrogen) atoms. The Kier molecular flexibility index (Phi) is 4.08. The molecule has 0 aliphatic heterocycles. The smallest absolute Gasteiger partial charge is 0.119 e. The zero-order valence-electron chi connectivity index (χ0n) is 11.8. The van der Waals surface area contributed by atoms with Crippen LogP contribution in [0.25, 0.3) is 0 Å². The maximum absolute atomic E-state index is 10.6. The summed E-state index contributed by atoms with van der Waals surface area (Å²) >= 11 is 1.77. The first-order valence-electron chi connectivity index (χ1n) is 7.30. The molecule has 1 aliphatic carbocycles. The van der Waals surface area contributed by atoms with Crippen molar-refractivity contribution in [2.45, 2.75) is 38.7 Å². The van der Waals surface area contributed by atoms with Crippen molar-refractivity contribution in [1.82, 2.24) is 0 Å². The van der Waals surface area contributed by atoms with E-state index in [0.29, 0.717) is 6.61 Å². The van der Waals surface area contributed by atoms with Crippen molar-refractivity contribution in [1.29, 1.82) is 0 Å². The number of rotatable bonds is 4. The third kappa shape index (κ3) is 2.74. The number of thiophene rings is 1. The van der Waals surface area contributed by atoms with Crippen LogP contribution in [0.2, 0.25) is 0 Å². The van der Waals surface area contributed by atoms with E-state index in [2.05, 4.69) is 6.07 Å². The van der Waals surface area contributed by atoms with Gasteiger partial charge >= 0.3 is 0 Å². The summed E-state index contributed by atoms with van der Waals surface area (Å²) in [5.74, 6) is 0.824. The molecule has 2 nitrogen and oxygen atoms in total. The molecule has 1 aliphatic rings. The van der Waals surface area contributed by atoms with Gasteiger partial charge in [-0.3, -0.25) is 0 Å². The third-order valence-electron chi connectivity index (χ3n) is 3.77. The van der Waals surface area contributed by atoms with Gasteiger partial charge in [0.25, 0.3) is 0 Å². The van der Waals surface area contributed by atoms with Crippen molar-refractivity contribution in [2.24, 2.45) is 0 Å². The number of aliphatic hydroxyl groups excluding tert-OH is 1. The first-order chi connectivity index (χ1) is 9.78. The van der Waals surface area contributed by atoms with Gasteiger partial charge in [-0.15, -0.1) is 11.3 Å². The van der Waals surface area contributed by atoms with Gasteiger partial charge in [0.05, 0.1) is 6.61 Å². The van der Waals surface area contributed by atoms with Crippen molar-refractivity contribution in [3.05, 3.63) is 51.2 Å². The minimum absolute atomic E-state index is 0.536. The van der Waals surface area contributed by atoms with Gasteiger partial charge in [-0.05, 0) is 61.9 Å². The second-order valence-electron chi connectivity index (χ2n) is 5.21. The fourth-order valence-corrected chi connectivity index (χ4v) is 4.03. The van der Waals surface area contributed by atoms with E-state index in [1.165, 1.54) is 29.7 Å². The second kappa shape index (κ2) is 5.98. The van der Waals surface area contributed by atoms with Crippen LogP contribution in [0, 0.1) is 0 Å². The Labute approximate surface area is 124 Å². The van der Waals surface area contributed by atoms with E-state index in [4.69, 9.17) is 4.74 Å². The van der Waals surface area contributed by atoms with Crippen LogP contribution in [0.1, 0.15) is 46.8 Å². The first-order valence-corrected chi connectivity index (χ1v) is 8.12. The minimum atomic E-state index is -0.536. The highest BCUT2D eigenvalue weighted by atomic mass is 32.1. The average Bonchev–Trinajstić information content (AvgIpc) is 2.91. The molecule has 0 fully saturated rings. The van der Waals surface area contributed by atoms with Crippen LogP contribution in [-0.4, -0.2) is 11.7 Å². The molecule has 1 aromatic carbocycles. The lowest BCUT2D eigenvalue weighted by Crippen LogP contribution is -1.99. The van der Waals surface area contributed by atoms with Crippen LogP contribution in [0.15, 0.2) is 30.3 Å². The molecule has 3 rings (SSSR count). The molecule has 0 spiro atoms. The lowest BCUT2D eigenvalue weighted by molar-refractivity contribution is 0.223. The summed E-state index contributed by atoms with van der Waals surface area (Å²) in [6.45, 7) is 2.61. The molecular weight excluding hydrogens is 268 g/mol. The van der Waals surface area contributed by atoms with Crippen LogP contribution < -0.4 is 4.74 Å². The fraction of sp³-hybridized carbons (Fsp3) is 0.412. The van der Waals surface area contributed by atoms with Crippen molar-refractivity contribution >= 4 is 11.3 Å². The van der Waals surface area contributed by atoms with Gasteiger partial charge in [0, 0.05) is 9.75 Å². The molecule has 1 atom stereocenters. The van der Waals surface area contributed by atoms with Crippen LogP contribution >= 0.6 is 11.3 Å². The van der Waals surface area contributed by atoms with E-state index in [-0.39, 0.29) is 0 Å². The van der Waals surface area contributed by atoms with Gasteiger partial charge in [0.2, 0.25) is 0 Å². The lowest BCUT2D eigenvalue weighted by atomic mass is 9.98. The standard InChI is InChI=1S/C17H20O2S/c1-2-19-14-8-5-7-13(10-14)17(18)16-11-12-6-3-4-9-15(12)20-16/h5,7-8,10-11,17-18H,2-4,6,9H2,1H3. The van der Waals surface area contributed by atoms with Crippen molar-refractivity contribution < 1.29 is 9.84 Å². The highest BCUT2D eigenvalue weighted by Crippen LogP contribution is 2.35. The zero-order chi connectivity index (χ0) is 13.9. The SMILES string of the molecule is CCOc1cccc(C(O)c2cc3c(s2)CCCC3)c1. The lowest BCUT2D eigenvalue weighted by Gasteiger charge is -2.11. The van der Waals surface area contributed by atoms with E-state index in [0.717, 1.165) is 22.6 Å². The Balaban J connectivity index is 1.86. The first kappa shape index (κ1) is 13.7. The summed E-state index contributed by atoms with van der Waals surface area (Å²) in [5.41, 5.74) is 2.35. The van der Waals surface area contributed by atoms with Gasteiger partial charge in [0.15, 0.2) is 0 Å². The molecule has 1 unspecified atom stereocenters. The molecule has 1 heterocycles. The highest BCUT2D eigenvalue weighted by Gasteiger charge is 2.19. The Morgan fingerprint density at radius 3 is 2.90 bits per heavy atom. The van der Waals surface area contributed by atoms with Crippen molar-refractivity contribution in [2.75, 3.05) is 6.61 Å². The van der Waals surface area contributed by atoms with E-state index in [9.17, 15) is 5.11 Å².